The molecule has 0 aromatic rings. The van der Waals surface area contributed by atoms with Gasteiger partial charge in [0, 0.05) is 30.1 Å². The molecule has 0 radical (unpaired) electrons. The second kappa shape index (κ2) is 8.90. The molecule has 0 bridgehead atoms. The molecule has 1 rings (SSSR count). The van der Waals surface area contributed by atoms with Crippen LogP contribution in [0.1, 0.15) is 60.8 Å². The molecule has 0 saturated carbocycles. The minimum Gasteiger partial charge on any atom is -0.369 e. The van der Waals surface area contributed by atoms with Gasteiger partial charge in [0.15, 0.2) is 5.79 Å². The molecule has 144 valence electrons. The van der Waals surface area contributed by atoms with E-state index in [0.29, 0.717) is 12.8 Å². The Morgan fingerprint density at radius 3 is 2.32 bits per heavy atom. The fourth-order valence-electron chi connectivity index (χ4n) is 3.70. The van der Waals surface area contributed by atoms with Gasteiger partial charge < -0.3 is 20.0 Å². The predicted octanol–water partition coefficient (Wildman–Crippen LogP) is 2.47. The Labute approximate surface area is 150 Å². The Morgan fingerprint density at radius 2 is 1.84 bits per heavy atom. The summed E-state index contributed by atoms with van der Waals surface area (Å²) in [5.74, 6) is -2.16. The maximum Gasteiger partial charge on any atom is 0.220 e. The van der Waals surface area contributed by atoms with Crippen molar-refractivity contribution in [3.05, 3.63) is 0 Å². The summed E-state index contributed by atoms with van der Waals surface area (Å²) in [6.07, 6.45) is 1.59. The second-order valence-corrected chi connectivity index (χ2v) is 7.74. The quantitative estimate of drug-likeness (QED) is 0.641. The number of ketones is 1. The topological polar surface area (TPSA) is 95.7 Å². The van der Waals surface area contributed by atoms with Crippen molar-refractivity contribution in [3.8, 4) is 0 Å². The van der Waals surface area contributed by atoms with Crippen LogP contribution in [-0.4, -0.2) is 36.0 Å². The second-order valence-electron chi connectivity index (χ2n) is 7.74. The minimum absolute atomic E-state index is 0.0547. The van der Waals surface area contributed by atoms with Crippen LogP contribution in [0, 0.1) is 23.7 Å². The SMILES string of the molecule is CC[C@@H](C[C@H](C)C(=O)[C@@H](C)[C@H]1OC(C)(C)O[C@@H](CC=O)[C@@H]1C)C(N)=O. The number of hydrogen-bond donors (Lipinski definition) is 1. The molecule has 2 N–H and O–H groups in total. The maximum atomic E-state index is 12.9. The Balaban J connectivity index is 2.87. The third-order valence-electron chi connectivity index (χ3n) is 5.25. The van der Waals surface area contributed by atoms with Crippen molar-refractivity contribution in [1.82, 2.24) is 0 Å². The van der Waals surface area contributed by atoms with Crippen molar-refractivity contribution in [2.45, 2.75) is 78.8 Å². The average molecular weight is 355 g/mol. The molecule has 6 atom stereocenters. The summed E-state index contributed by atoms with van der Waals surface area (Å²) in [6.45, 7) is 11.1. The van der Waals surface area contributed by atoms with Gasteiger partial charge in [-0.15, -0.1) is 0 Å². The predicted molar refractivity (Wildman–Crippen MR) is 94.6 cm³/mol. The molecule has 1 heterocycles. The number of ether oxygens (including phenoxy) is 2. The van der Waals surface area contributed by atoms with E-state index in [4.69, 9.17) is 15.2 Å². The van der Waals surface area contributed by atoms with Gasteiger partial charge in [-0.25, -0.2) is 0 Å². The average Bonchev–Trinajstić information content (AvgIpc) is 2.53. The van der Waals surface area contributed by atoms with Crippen LogP contribution in [0.25, 0.3) is 0 Å². The number of carbonyl (C=O) groups is 3. The van der Waals surface area contributed by atoms with Gasteiger partial charge in [0.2, 0.25) is 5.91 Å². The van der Waals surface area contributed by atoms with E-state index in [2.05, 4.69) is 0 Å². The molecule has 25 heavy (non-hydrogen) atoms. The lowest BCUT2D eigenvalue weighted by molar-refractivity contribution is -0.323. The van der Waals surface area contributed by atoms with Gasteiger partial charge in [0.25, 0.3) is 0 Å². The Hall–Kier alpha value is -1.27. The number of carbonyl (C=O) groups excluding carboxylic acids is 3. The monoisotopic (exact) mass is 355 g/mol. The molecule has 1 aliphatic rings. The van der Waals surface area contributed by atoms with Gasteiger partial charge >= 0.3 is 0 Å². The summed E-state index contributed by atoms with van der Waals surface area (Å²) in [4.78, 5) is 35.3. The Kier molecular flexibility index (Phi) is 7.75. The highest BCUT2D eigenvalue weighted by molar-refractivity contribution is 5.84. The van der Waals surface area contributed by atoms with Crippen LogP contribution in [0.5, 0.6) is 0 Å². The summed E-state index contributed by atoms with van der Waals surface area (Å²) < 4.78 is 11.9. The molecule has 1 saturated heterocycles. The molecule has 6 nitrogen and oxygen atoms in total. The lowest BCUT2D eigenvalue weighted by atomic mass is 9.79. The third kappa shape index (κ3) is 5.61. The van der Waals surface area contributed by atoms with Crippen LogP contribution in [0.3, 0.4) is 0 Å². The summed E-state index contributed by atoms with van der Waals surface area (Å²) in [7, 11) is 0. The molecule has 0 aromatic heterocycles. The lowest BCUT2D eigenvalue weighted by Crippen LogP contribution is -2.53. The zero-order chi connectivity index (χ0) is 19.4. The summed E-state index contributed by atoms with van der Waals surface area (Å²) in [5, 5.41) is 0. The van der Waals surface area contributed by atoms with Gasteiger partial charge in [-0.2, -0.15) is 0 Å². The highest BCUT2D eigenvalue weighted by atomic mass is 16.7. The van der Waals surface area contributed by atoms with Gasteiger partial charge in [0.05, 0.1) is 12.2 Å². The van der Waals surface area contributed by atoms with Gasteiger partial charge in [-0.1, -0.05) is 27.7 Å². The maximum absolute atomic E-state index is 12.9. The zero-order valence-electron chi connectivity index (χ0n) is 16.3. The fraction of sp³-hybridized carbons (Fsp3) is 0.842. The first-order valence-electron chi connectivity index (χ1n) is 9.16. The van der Waals surface area contributed by atoms with Crippen molar-refractivity contribution < 1.29 is 23.9 Å². The zero-order valence-corrected chi connectivity index (χ0v) is 16.3. The van der Waals surface area contributed by atoms with E-state index in [-0.39, 0.29) is 54.0 Å². The molecule has 0 aromatic carbocycles. The molecule has 1 fully saturated rings. The van der Waals surface area contributed by atoms with E-state index < -0.39 is 5.79 Å². The number of nitrogens with two attached hydrogens (primary N) is 1. The first-order chi connectivity index (χ1) is 11.5. The van der Waals surface area contributed by atoms with Crippen LogP contribution in [0.2, 0.25) is 0 Å². The minimum atomic E-state index is -0.845. The Bertz CT molecular complexity index is 490. The van der Waals surface area contributed by atoms with E-state index in [1.807, 2.05) is 27.7 Å². The Morgan fingerprint density at radius 1 is 1.24 bits per heavy atom. The lowest BCUT2D eigenvalue weighted by Gasteiger charge is -2.46. The molecule has 1 aliphatic heterocycles. The number of primary amides is 1. The molecule has 0 aliphatic carbocycles. The van der Waals surface area contributed by atoms with Crippen molar-refractivity contribution in [2.75, 3.05) is 0 Å². The number of aldehydes is 1. The smallest absolute Gasteiger partial charge is 0.220 e. The fourth-order valence-corrected chi connectivity index (χ4v) is 3.70. The van der Waals surface area contributed by atoms with Gasteiger partial charge in [-0.05, 0) is 26.7 Å². The standard InChI is InChI=1S/C19H33NO5/c1-7-14(18(20)23)10-11(2)16(22)13(4)17-12(3)15(8-9-21)24-19(5,6)25-17/h9,11-15,17H,7-8,10H2,1-6H3,(H2,20,23)/t11-,12-,13+,14-,15-,17-/m0/s1. The van der Waals surface area contributed by atoms with E-state index in [0.717, 1.165) is 6.29 Å². The largest absolute Gasteiger partial charge is 0.369 e. The van der Waals surface area contributed by atoms with Gasteiger partial charge in [-0.3, -0.25) is 9.59 Å². The van der Waals surface area contributed by atoms with Crippen molar-refractivity contribution in [1.29, 1.82) is 0 Å². The van der Waals surface area contributed by atoms with Crippen molar-refractivity contribution in [3.63, 3.8) is 0 Å². The van der Waals surface area contributed by atoms with Gasteiger partial charge in [0.1, 0.15) is 12.1 Å². The molecule has 6 heteroatoms. The summed E-state index contributed by atoms with van der Waals surface area (Å²) in [5.41, 5.74) is 5.40. The first kappa shape index (κ1) is 21.8. The van der Waals surface area contributed by atoms with E-state index in [9.17, 15) is 14.4 Å². The molecule has 0 spiro atoms. The van der Waals surface area contributed by atoms with E-state index in [1.165, 1.54) is 0 Å². The van der Waals surface area contributed by atoms with E-state index in [1.54, 1.807) is 13.8 Å². The highest BCUT2D eigenvalue weighted by Gasteiger charge is 2.45. The highest BCUT2D eigenvalue weighted by Crippen LogP contribution is 2.37. The van der Waals surface area contributed by atoms with Crippen LogP contribution in [-0.2, 0) is 23.9 Å². The van der Waals surface area contributed by atoms with Crippen LogP contribution >= 0.6 is 0 Å². The van der Waals surface area contributed by atoms with Crippen LogP contribution in [0.4, 0.5) is 0 Å². The first-order valence-corrected chi connectivity index (χ1v) is 9.16. The van der Waals surface area contributed by atoms with Crippen molar-refractivity contribution in [2.24, 2.45) is 29.4 Å². The number of hydrogen-bond acceptors (Lipinski definition) is 5. The van der Waals surface area contributed by atoms with Crippen LogP contribution < -0.4 is 5.73 Å². The molecule has 1 amide bonds. The van der Waals surface area contributed by atoms with Crippen molar-refractivity contribution >= 4 is 18.0 Å². The summed E-state index contributed by atoms with van der Waals surface area (Å²) >= 11 is 0. The van der Waals surface area contributed by atoms with Crippen LogP contribution in [0.15, 0.2) is 0 Å². The summed E-state index contributed by atoms with van der Waals surface area (Å²) in [6, 6.07) is 0. The number of Topliss-reactive ketones (excluding diaryl/α,β-unsaturated/α-hetero) is 1. The van der Waals surface area contributed by atoms with E-state index >= 15 is 0 Å². The number of amides is 1. The molecule has 0 unspecified atom stereocenters. The molecular formula is C19H33NO5. The third-order valence-corrected chi connectivity index (χ3v) is 5.25. The normalized spacial score (nSPS) is 29.4. The number of rotatable bonds is 9. The molecular weight excluding hydrogens is 322 g/mol.